The number of benzene rings is 1. The molecule has 0 N–H and O–H groups in total. The van der Waals surface area contributed by atoms with Crippen molar-refractivity contribution in [2.24, 2.45) is 0 Å². The van der Waals surface area contributed by atoms with Gasteiger partial charge in [-0.05, 0) is 12.1 Å². The number of imidazole rings is 1. The van der Waals surface area contributed by atoms with Gasteiger partial charge >= 0.3 is 5.69 Å². The van der Waals surface area contributed by atoms with E-state index in [1.807, 2.05) is 44.8 Å². The van der Waals surface area contributed by atoms with Crippen LogP contribution in [-0.4, -0.2) is 31.1 Å². The number of hydrogen-bond acceptors (Lipinski definition) is 3. The molecule has 0 amide bonds. The topological polar surface area (TPSA) is 26.9 Å². The Morgan fingerprint density at radius 3 is 1.83 bits per heavy atom. The SMILES string of the molecule is O=c1n(C[C@@H]2CS2)c2ccccc2n1C[C@@H]1CS1. The molecule has 2 saturated heterocycles. The van der Waals surface area contributed by atoms with Crippen molar-refractivity contribution >= 4 is 34.6 Å². The summed E-state index contributed by atoms with van der Waals surface area (Å²) in [4.78, 5) is 12.5. The summed E-state index contributed by atoms with van der Waals surface area (Å²) in [7, 11) is 0. The van der Waals surface area contributed by atoms with Crippen LogP contribution in [0.3, 0.4) is 0 Å². The average molecular weight is 278 g/mol. The molecule has 1 aromatic heterocycles. The Balaban J connectivity index is 1.86. The van der Waals surface area contributed by atoms with Crippen LogP contribution in [-0.2, 0) is 13.1 Å². The minimum absolute atomic E-state index is 0.177. The highest BCUT2D eigenvalue weighted by atomic mass is 32.2. The smallest absolute Gasteiger partial charge is 0.291 e. The molecule has 2 atom stereocenters. The van der Waals surface area contributed by atoms with Gasteiger partial charge in [-0.15, -0.1) is 0 Å². The normalized spacial score (nSPS) is 25.6. The molecule has 5 heteroatoms. The first kappa shape index (κ1) is 11.1. The van der Waals surface area contributed by atoms with Gasteiger partial charge in [-0.2, -0.15) is 23.5 Å². The molecule has 18 heavy (non-hydrogen) atoms. The van der Waals surface area contributed by atoms with E-state index in [4.69, 9.17) is 0 Å². The average Bonchev–Trinajstić information content (AvgIpc) is 3.26. The zero-order valence-corrected chi connectivity index (χ0v) is 11.5. The van der Waals surface area contributed by atoms with E-state index in [0.717, 1.165) is 24.1 Å². The van der Waals surface area contributed by atoms with E-state index in [2.05, 4.69) is 12.1 Å². The molecule has 2 aliphatic heterocycles. The summed E-state index contributed by atoms with van der Waals surface area (Å²) in [6, 6.07) is 8.18. The monoisotopic (exact) mass is 278 g/mol. The number of nitrogens with zero attached hydrogens (tertiary/aromatic N) is 2. The van der Waals surface area contributed by atoms with Crippen LogP contribution in [0.2, 0.25) is 0 Å². The van der Waals surface area contributed by atoms with Gasteiger partial charge in [-0.1, -0.05) is 12.1 Å². The fourth-order valence-corrected chi connectivity index (χ4v) is 3.37. The molecule has 3 nitrogen and oxygen atoms in total. The van der Waals surface area contributed by atoms with Crippen molar-refractivity contribution in [2.45, 2.75) is 23.6 Å². The Labute approximate surface area is 114 Å². The first-order chi connectivity index (χ1) is 8.83. The van der Waals surface area contributed by atoms with E-state index in [0.29, 0.717) is 10.5 Å². The molecule has 4 rings (SSSR count). The second-order valence-corrected chi connectivity index (χ2v) is 7.57. The first-order valence-corrected chi connectivity index (χ1v) is 8.34. The zero-order chi connectivity index (χ0) is 12.1. The van der Waals surface area contributed by atoms with Crippen LogP contribution in [0, 0.1) is 0 Å². The summed E-state index contributed by atoms with van der Waals surface area (Å²) < 4.78 is 3.93. The quantitative estimate of drug-likeness (QED) is 0.801. The Hall–Kier alpha value is -0.810. The van der Waals surface area contributed by atoms with Crippen LogP contribution in [0.5, 0.6) is 0 Å². The number of para-hydroxylation sites is 2. The predicted molar refractivity (Wildman–Crippen MR) is 78.7 cm³/mol. The van der Waals surface area contributed by atoms with E-state index < -0.39 is 0 Å². The second-order valence-electron chi connectivity index (χ2n) is 4.90. The molecule has 0 radical (unpaired) electrons. The lowest BCUT2D eigenvalue weighted by Gasteiger charge is -1.99. The van der Waals surface area contributed by atoms with E-state index in [1.54, 1.807) is 0 Å². The Morgan fingerprint density at radius 1 is 1.00 bits per heavy atom. The summed E-state index contributed by atoms with van der Waals surface area (Å²) >= 11 is 3.89. The van der Waals surface area contributed by atoms with Crippen molar-refractivity contribution in [1.82, 2.24) is 9.13 Å². The maximum Gasteiger partial charge on any atom is 0.329 e. The van der Waals surface area contributed by atoms with E-state index in [1.165, 1.54) is 11.5 Å². The van der Waals surface area contributed by atoms with Gasteiger partial charge in [0.15, 0.2) is 0 Å². The summed E-state index contributed by atoms with van der Waals surface area (Å²) in [6.45, 7) is 1.74. The summed E-state index contributed by atoms with van der Waals surface area (Å²) in [5.74, 6) is 2.40. The van der Waals surface area contributed by atoms with Gasteiger partial charge in [0.1, 0.15) is 0 Å². The van der Waals surface area contributed by atoms with Crippen LogP contribution >= 0.6 is 23.5 Å². The number of thioether (sulfide) groups is 2. The number of fused-ring (bicyclic) bond motifs is 1. The van der Waals surface area contributed by atoms with Gasteiger partial charge in [0.05, 0.1) is 11.0 Å². The maximum atomic E-state index is 12.5. The Morgan fingerprint density at radius 2 is 1.44 bits per heavy atom. The van der Waals surface area contributed by atoms with Crippen molar-refractivity contribution in [2.75, 3.05) is 11.5 Å². The lowest BCUT2D eigenvalue weighted by molar-refractivity contribution is 0.641. The van der Waals surface area contributed by atoms with Crippen LogP contribution < -0.4 is 5.69 Å². The summed E-state index contributed by atoms with van der Waals surface area (Å²) in [6.07, 6.45) is 0. The standard InChI is InChI=1S/C13H14N2OS2/c16-13-14(5-9-7-17-9)11-3-1-2-4-12(11)15(13)6-10-8-18-10/h1-4,9-10H,5-8H2/t9-,10-/m1/s1. The molecule has 2 fully saturated rings. The molecule has 94 valence electrons. The third-order valence-corrected chi connectivity index (χ3v) is 5.41. The van der Waals surface area contributed by atoms with Crippen molar-refractivity contribution in [1.29, 1.82) is 0 Å². The van der Waals surface area contributed by atoms with Crippen molar-refractivity contribution in [3.63, 3.8) is 0 Å². The van der Waals surface area contributed by atoms with Crippen molar-refractivity contribution in [3.8, 4) is 0 Å². The molecule has 0 aliphatic carbocycles. The third-order valence-electron chi connectivity index (χ3n) is 3.50. The van der Waals surface area contributed by atoms with E-state index in [9.17, 15) is 4.79 Å². The Kier molecular flexibility index (Phi) is 2.52. The lowest BCUT2D eigenvalue weighted by Crippen LogP contribution is -2.26. The molecule has 2 aromatic rings. The molecule has 0 saturated carbocycles. The number of hydrogen-bond donors (Lipinski definition) is 0. The fourth-order valence-electron chi connectivity index (χ4n) is 2.38. The van der Waals surface area contributed by atoms with Gasteiger partial charge in [-0.25, -0.2) is 4.79 Å². The summed E-state index contributed by atoms with van der Waals surface area (Å²) in [5, 5.41) is 1.30. The third kappa shape index (κ3) is 1.89. The van der Waals surface area contributed by atoms with Crippen molar-refractivity contribution in [3.05, 3.63) is 34.7 Å². The Bertz CT molecular complexity index is 599. The first-order valence-electron chi connectivity index (χ1n) is 6.24. The molecule has 0 unspecified atom stereocenters. The van der Waals surface area contributed by atoms with Crippen LogP contribution in [0.25, 0.3) is 11.0 Å². The van der Waals surface area contributed by atoms with Gasteiger partial charge < -0.3 is 0 Å². The molecule has 3 heterocycles. The second kappa shape index (κ2) is 4.10. The number of rotatable bonds is 4. The molecule has 0 spiro atoms. The minimum atomic E-state index is 0.177. The highest BCUT2D eigenvalue weighted by molar-refractivity contribution is 8.07. The van der Waals surface area contributed by atoms with Gasteiger partial charge in [0, 0.05) is 35.1 Å². The van der Waals surface area contributed by atoms with Gasteiger partial charge in [-0.3, -0.25) is 9.13 Å². The molecule has 0 bridgehead atoms. The summed E-state index contributed by atoms with van der Waals surface area (Å²) in [5.41, 5.74) is 2.37. The molecular formula is C13H14N2OS2. The number of aromatic nitrogens is 2. The van der Waals surface area contributed by atoms with Gasteiger partial charge in [0.25, 0.3) is 0 Å². The van der Waals surface area contributed by atoms with Crippen LogP contribution in [0.1, 0.15) is 0 Å². The molecule has 1 aromatic carbocycles. The van der Waals surface area contributed by atoms with Crippen LogP contribution in [0.4, 0.5) is 0 Å². The van der Waals surface area contributed by atoms with E-state index >= 15 is 0 Å². The van der Waals surface area contributed by atoms with Crippen LogP contribution in [0.15, 0.2) is 29.1 Å². The molecule has 2 aliphatic rings. The van der Waals surface area contributed by atoms with E-state index in [-0.39, 0.29) is 5.69 Å². The highest BCUT2D eigenvalue weighted by Crippen LogP contribution is 2.33. The molecular weight excluding hydrogens is 264 g/mol. The maximum absolute atomic E-state index is 12.5. The predicted octanol–water partition coefficient (Wildman–Crippen LogP) is 2.03. The lowest BCUT2D eigenvalue weighted by atomic mass is 10.3. The highest BCUT2D eigenvalue weighted by Gasteiger charge is 2.28. The minimum Gasteiger partial charge on any atom is -0.291 e. The largest absolute Gasteiger partial charge is 0.329 e. The fraction of sp³-hybridized carbons (Fsp3) is 0.462. The van der Waals surface area contributed by atoms with Crippen molar-refractivity contribution < 1.29 is 0 Å². The zero-order valence-electron chi connectivity index (χ0n) is 9.91. The van der Waals surface area contributed by atoms with Gasteiger partial charge in [0.2, 0.25) is 0 Å².